The second-order valence-electron chi connectivity index (χ2n) is 5.95. The van der Waals surface area contributed by atoms with E-state index in [1.54, 1.807) is 7.11 Å². The third-order valence-corrected chi connectivity index (χ3v) is 3.98. The van der Waals surface area contributed by atoms with Gasteiger partial charge in [0, 0.05) is 18.5 Å². The van der Waals surface area contributed by atoms with E-state index in [-0.39, 0.29) is 6.42 Å². The number of hydrogen-bond acceptors (Lipinski definition) is 4. The maximum Gasteiger partial charge on any atom is 0.303 e. The molecule has 0 bridgehead atoms. The number of aliphatic carboxylic acids is 1. The molecule has 0 radical (unpaired) electrons. The lowest BCUT2D eigenvalue weighted by atomic mass is 10.0. The Morgan fingerprint density at radius 1 is 1.15 bits per heavy atom. The average Bonchev–Trinajstić information content (AvgIpc) is 2.65. The number of carbonyl (C=O) groups is 1. The van der Waals surface area contributed by atoms with Crippen molar-refractivity contribution in [2.24, 2.45) is 10.8 Å². The van der Waals surface area contributed by atoms with Gasteiger partial charge in [0.15, 0.2) is 0 Å². The van der Waals surface area contributed by atoms with Gasteiger partial charge in [0.2, 0.25) is 0 Å². The first-order valence-corrected chi connectivity index (χ1v) is 8.57. The molecule has 6 heteroatoms. The van der Waals surface area contributed by atoms with Gasteiger partial charge >= 0.3 is 5.97 Å². The summed E-state index contributed by atoms with van der Waals surface area (Å²) in [6.45, 7) is 0.540. The van der Waals surface area contributed by atoms with Gasteiger partial charge in [-0.2, -0.15) is 0 Å². The number of aliphatic imine (C=N–C) groups is 1. The van der Waals surface area contributed by atoms with Crippen LogP contribution in [0.3, 0.4) is 0 Å². The van der Waals surface area contributed by atoms with Gasteiger partial charge in [-0.1, -0.05) is 36.4 Å². The van der Waals surface area contributed by atoms with E-state index in [4.69, 9.17) is 15.7 Å². The number of nitrogens with one attached hydrogen (secondary N) is 1. The van der Waals surface area contributed by atoms with E-state index in [0.29, 0.717) is 25.2 Å². The molecule has 4 N–H and O–H groups in total. The van der Waals surface area contributed by atoms with Crippen molar-refractivity contribution in [3.8, 4) is 5.75 Å². The summed E-state index contributed by atoms with van der Waals surface area (Å²) in [5.74, 6) is 6.25. The first-order chi connectivity index (χ1) is 12.6. The molecular weight excluding hydrogens is 330 g/mol. The molecule has 0 saturated carbocycles. The number of carboxylic acids is 1. The molecule has 26 heavy (non-hydrogen) atoms. The molecule has 0 heterocycles. The van der Waals surface area contributed by atoms with E-state index in [1.165, 1.54) is 11.1 Å². The van der Waals surface area contributed by atoms with Crippen molar-refractivity contribution in [1.29, 1.82) is 0 Å². The third kappa shape index (κ3) is 6.22. The number of methoxy groups -OCH3 is 1. The predicted octanol–water partition coefficient (Wildman–Crippen LogP) is 2.75. The fraction of sp³-hybridized carbons (Fsp3) is 0.300. The van der Waals surface area contributed by atoms with Crippen LogP contribution in [0.15, 0.2) is 53.5 Å². The number of carboxylic acid groups (broad SMARTS) is 1. The van der Waals surface area contributed by atoms with Crippen LogP contribution in [0.1, 0.15) is 36.0 Å². The molecule has 0 fully saturated rings. The largest absolute Gasteiger partial charge is 0.497 e. The molecule has 2 rings (SSSR count). The standard InChI is InChI=1S/C20H25N3O3/c1-26-18-6-4-5-16(14-18)13-15-8-10-17(11-9-15)20(23-21)22-12-3-2-7-19(24)25/h4-6,8-11,14H,2-3,7,12-13,21H2,1H3,(H,22,23)(H,24,25). The lowest BCUT2D eigenvalue weighted by molar-refractivity contribution is -0.137. The molecule has 0 spiro atoms. The number of unbranched alkanes of at least 4 members (excludes halogenated alkanes) is 1. The van der Waals surface area contributed by atoms with Crippen molar-refractivity contribution in [3.63, 3.8) is 0 Å². The summed E-state index contributed by atoms with van der Waals surface area (Å²) in [5, 5.41) is 8.63. The second kappa shape index (κ2) is 10.2. The minimum absolute atomic E-state index is 0.167. The fourth-order valence-corrected chi connectivity index (χ4v) is 2.60. The maximum atomic E-state index is 10.5. The molecule has 0 unspecified atom stereocenters. The summed E-state index contributed by atoms with van der Waals surface area (Å²) in [4.78, 5) is 14.9. The molecule has 0 atom stereocenters. The molecule has 0 aliphatic rings. The summed E-state index contributed by atoms with van der Waals surface area (Å²) in [6.07, 6.45) is 2.30. The Kier molecular flexibility index (Phi) is 7.64. The van der Waals surface area contributed by atoms with E-state index in [2.05, 4.69) is 16.5 Å². The predicted molar refractivity (Wildman–Crippen MR) is 102 cm³/mol. The summed E-state index contributed by atoms with van der Waals surface area (Å²) in [7, 11) is 1.66. The monoisotopic (exact) mass is 355 g/mol. The lowest BCUT2D eigenvalue weighted by Gasteiger charge is -2.08. The Bertz CT molecular complexity index is 742. The number of hydrazine groups is 1. The molecular formula is C20H25N3O3. The number of nitrogens with zero attached hydrogens (tertiary/aromatic N) is 1. The van der Waals surface area contributed by atoms with Crippen molar-refractivity contribution in [3.05, 3.63) is 65.2 Å². The minimum atomic E-state index is -0.780. The summed E-state index contributed by atoms with van der Waals surface area (Å²) < 4.78 is 5.26. The first-order valence-electron chi connectivity index (χ1n) is 8.57. The van der Waals surface area contributed by atoms with Crippen molar-refractivity contribution in [2.45, 2.75) is 25.7 Å². The van der Waals surface area contributed by atoms with Crippen LogP contribution in [-0.4, -0.2) is 30.6 Å². The summed E-state index contributed by atoms with van der Waals surface area (Å²) in [6, 6.07) is 16.1. The van der Waals surface area contributed by atoms with E-state index < -0.39 is 5.97 Å². The highest BCUT2D eigenvalue weighted by molar-refractivity contribution is 5.98. The molecule has 0 amide bonds. The number of benzene rings is 2. The van der Waals surface area contributed by atoms with Gasteiger partial charge in [-0.05, 0) is 42.5 Å². The number of ether oxygens (including phenoxy) is 1. The van der Waals surface area contributed by atoms with Crippen LogP contribution in [0.25, 0.3) is 0 Å². The maximum absolute atomic E-state index is 10.5. The minimum Gasteiger partial charge on any atom is -0.497 e. The van der Waals surface area contributed by atoms with Crippen molar-refractivity contribution in [1.82, 2.24) is 5.43 Å². The molecule has 0 aromatic heterocycles. The van der Waals surface area contributed by atoms with Crippen molar-refractivity contribution < 1.29 is 14.6 Å². The van der Waals surface area contributed by atoms with E-state index in [9.17, 15) is 4.79 Å². The van der Waals surface area contributed by atoms with Crippen LogP contribution in [0.2, 0.25) is 0 Å². The van der Waals surface area contributed by atoms with E-state index in [0.717, 1.165) is 17.7 Å². The topological polar surface area (TPSA) is 96.9 Å². The van der Waals surface area contributed by atoms with E-state index >= 15 is 0 Å². The number of hydrogen-bond donors (Lipinski definition) is 3. The molecule has 138 valence electrons. The van der Waals surface area contributed by atoms with Gasteiger partial charge in [-0.3, -0.25) is 9.79 Å². The van der Waals surface area contributed by atoms with Gasteiger partial charge in [0.05, 0.1) is 7.11 Å². The Balaban J connectivity index is 1.96. The highest BCUT2D eigenvalue weighted by Crippen LogP contribution is 2.16. The lowest BCUT2D eigenvalue weighted by Crippen LogP contribution is -2.31. The zero-order valence-corrected chi connectivity index (χ0v) is 14.9. The van der Waals surface area contributed by atoms with Crippen molar-refractivity contribution in [2.75, 3.05) is 13.7 Å². The van der Waals surface area contributed by atoms with Crippen LogP contribution in [0.5, 0.6) is 5.75 Å². The SMILES string of the molecule is COc1cccc(Cc2ccc(C(=NCCCCC(=O)O)NN)cc2)c1. The molecule has 2 aromatic rings. The van der Waals surface area contributed by atoms with Crippen LogP contribution >= 0.6 is 0 Å². The number of rotatable bonds is 9. The number of amidine groups is 1. The quantitative estimate of drug-likeness (QED) is 0.211. The Morgan fingerprint density at radius 3 is 2.58 bits per heavy atom. The zero-order valence-electron chi connectivity index (χ0n) is 14.9. The highest BCUT2D eigenvalue weighted by atomic mass is 16.5. The van der Waals surface area contributed by atoms with Crippen LogP contribution in [0.4, 0.5) is 0 Å². The van der Waals surface area contributed by atoms with Gasteiger partial charge in [0.25, 0.3) is 0 Å². The summed E-state index contributed by atoms with van der Waals surface area (Å²) in [5.41, 5.74) is 5.88. The van der Waals surface area contributed by atoms with Crippen molar-refractivity contribution >= 4 is 11.8 Å². The normalized spacial score (nSPS) is 11.2. The highest BCUT2D eigenvalue weighted by Gasteiger charge is 2.04. The smallest absolute Gasteiger partial charge is 0.303 e. The van der Waals surface area contributed by atoms with E-state index in [1.807, 2.05) is 42.5 Å². The second-order valence-corrected chi connectivity index (χ2v) is 5.95. The van der Waals surface area contributed by atoms with Gasteiger partial charge in [0.1, 0.15) is 11.6 Å². The average molecular weight is 355 g/mol. The molecule has 2 aromatic carbocycles. The molecule has 0 aliphatic heterocycles. The third-order valence-electron chi connectivity index (χ3n) is 3.98. The number of nitrogens with two attached hydrogens (primary N) is 1. The molecule has 6 nitrogen and oxygen atoms in total. The first kappa shape index (κ1) is 19.5. The Hall–Kier alpha value is -2.86. The summed E-state index contributed by atoms with van der Waals surface area (Å²) >= 11 is 0. The van der Waals surface area contributed by atoms with Crippen LogP contribution in [-0.2, 0) is 11.2 Å². The Labute approximate surface area is 153 Å². The van der Waals surface area contributed by atoms with Gasteiger partial charge in [-0.15, -0.1) is 0 Å². The fourth-order valence-electron chi connectivity index (χ4n) is 2.60. The molecule has 0 saturated heterocycles. The Morgan fingerprint density at radius 2 is 1.92 bits per heavy atom. The van der Waals surface area contributed by atoms with Gasteiger partial charge in [-0.25, -0.2) is 5.84 Å². The van der Waals surface area contributed by atoms with Crippen LogP contribution in [0, 0.1) is 0 Å². The van der Waals surface area contributed by atoms with Gasteiger partial charge < -0.3 is 15.3 Å². The zero-order chi connectivity index (χ0) is 18.8. The molecule has 0 aliphatic carbocycles. The van der Waals surface area contributed by atoms with Crippen LogP contribution < -0.4 is 16.0 Å².